The zero-order valence-electron chi connectivity index (χ0n) is 15.0. The molecule has 134 valence electrons. The molecule has 0 saturated heterocycles. The molecule has 2 rings (SSSR count). The summed E-state index contributed by atoms with van der Waals surface area (Å²) in [6.07, 6.45) is 3.12. The Morgan fingerprint density at radius 3 is 2.68 bits per heavy atom. The second-order valence-corrected chi connectivity index (χ2v) is 5.87. The summed E-state index contributed by atoms with van der Waals surface area (Å²) in [6, 6.07) is 3.49. The van der Waals surface area contributed by atoms with Crippen LogP contribution in [0.1, 0.15) is 23.9 Å². The third-order valence-corrected chi connectivity index (χ3v) is 4.00. The van der Waals surface area contributed by atoms with Crippen LogP contribution in [0, 0.1) is 13.8 Å². The van der Waals surface area contributed by atoms with Gasteiger partial charge >= 0.3 is 0 Å². The van der Waals surface area contributed by atoms with Crippen molar-refractivity contribution in [1.82, 2.24) is 9.78 Å². The van der Waals surface area contributed by atoms with Crippen molar-refractivity contribution in [3.05, 3.63) is 40.2 Å². The number of nitrogens with one attached hydrogen (secondary N) is 1. The highest BCUT2D eigenvalue weighted by Gasteiger charge is 2.12. The lowest BCUT2D eigenvalue weighted by molar-refractivity contribution is -0.111. The Kier molecular flexibility index (Phi) is 6.09. The highest BCUT2D eigenvalue weighted by Crippen LogP contribution is 2.36. The lowest BCUT2D eigenvalue weighted by atomic mass is 10.2. The number of benzene rings is 1. The molecule has 0 aliphatic heterocycles. The first kappa shape index (κ1) is 18.9. The molecule has 0 spiro atoms. The molecular weight excluding hydrogens is 342 g/mol. The van der Waals surface area contributed by atoms with Gasteiger partial charge in [0, 0.05) is 13.1 Å². The molecule has 7 heteroatoms. The fourth-order valence-electron chi connectivity index (χ4n) is 2.44. The van der Waals surface area contributed by atoms with Crippen LogP contribution in [0.5, 0.6) is 11.5 Å². The van der Waals surface area contributed by atoms with Crippen LogP contribution in [0.4, 0.5) is 5.69 Å². The van der Waals surface area contributed by atoms with Crippen LogP contribution in [0.15, 0.2) is 18.2 Å². The molecule has 1 amide bonds. The predicted molar refractivity (Wildman–Crippen MR) is 99.5 cm³/mol. The van der Waals surface area contributed by atoms with E-state index in [-0.39, 0.29) is 5.91 Å². The maximum absolute atomic E-state index is 12.2. The van der Waals surface area contributed by atoms with Gasteiger partial charge in [0.25, 0.3) is 0 Å². The van der Waals surface area contributed by atoms with Gasteiger partial charge in [-0.25, -0.2) is 0 Å². The largest absolute Gasteiger partial charge is 0.491 e. The van der Waals surface area contributed by atoms with Crippen molar-refractivity contribution in [3.8, 4) is 11.5 Å². The van der Waals surface area contributed by atoms with E-state index in [1.807, 2.05) is 27.8 Å². The Morgan fingerprint density at radius 2 is 2.12 bits per heavy atom. The third-order valence-electron chi connectivity index (χ3n) is 3.72. The van der Waals surface area contributed by atoms with Gasteiger partial charge in [-0.3, -0.25) is 9.48 Å². The van der Waals surface area contributed by atoms with E-state index in [9.17, 15) is 4.79 Å². The molecule has 25 heavy (non-hydrogen) atoms. The molecule has 6 nitrogen and oxygen atoms in total. The van der Waals surface area contributed by atoms with Crippen LogP contribution in [0.25, 0.3) is 6.08 Å². The highest BCUT2D eigenvalue weighted by atomic mass is 35.5. The first-order valence-corrected chi connectivity index (χ1v) is 8.24. The number of hydrogen-bond acceptors (Lipinski definition) is 4. The minimum Gasteiger partial charge on any atom is -0.491 e. The topological polar surface area (TPSA) is 65.4 Å². The molecule has 0 aliphatic rings. The van der Waals surface area contributed by atoms with Gasteiger partial charge in [0.2, 0.25) is 5.91 Å². The summed E-state index contributed by atoms with van der Waals surface area (Å²) in [5.41, 5.74) is 3.13. The molecule has 0 fully saturated rings. The first-order valence-electron chi connectivity index (χ1n) is 7.87. The minimum absolute atomic E-state index is 0.246. The summed E-state index contributed by atoms with van der Waals surface area (Å²) in [5, 5.41) is 7.55. The summed E-state index contributed by atoms with van der Waals surface area (Å²) in [6.45, 7) is 6.11. The third kappa shape index (κ3) is 4.33. The van der Waals surface area contributed by atoms with Crippen molar-refractivity contribution in [3.63, 3.8) is 0 Å². The van der Waals surface area contributed by atoms with Crippen molar-refractivity contribution >= 4 is 29.3 Å². The SMILES string of the molecule is CCOc1cc(C=CC(=O)Nc2c(C)nn(C)c2C)cc(Cl)c1OC. The summed E-state index contributed by atoms with van der Waals surface area (Å²) < 4.78 is 12.5. The fraction of sp³-hybridized carbons (Fsp3) is 0.333. The maximum atomic E-state index is 12.2. The van der Waals surface area contributed by atoms with Crippen LogP contribution in [-0.4, -0.2) is 29.4 Å². The van der Waals surface area contributed by atoms with Crippen LogP contribution in [0.2, 0.25) is 5.02 Å². The smallest absolute Gasteiger partial charge is 0.248 e. The molecule has 2 aromatic rings. The van der Waals surface area contributed by atoms with Gasteiger partial charge < -0.3 is 14.8 Å². The van der Waals surface area contributed by atoms with Gasteiger partial charge in [0.1, 0.15) is 0 Å². The standard InChI is InChI=1S/C18H22ClN3O3/c1-6-25-15-10-13(9-14(19)18(15)24-5)7-8-16(23)20-17-11(2)21-22(4)12(17)3/h7-10H,6H2,1-5H3,(H,20,23). The Bertz CT molecular complexity index is 812. The van der Waals surface area contributed by atoms with Crippen molar-refractivity contribution in [2.75, 3.05) is 19.0 Å². The van der Waals surface area contributed by atoms with Gasteiger partial charge in [-0.15, -0.1) is 0 Å². The Labute approximate surface area is 152 Å². The number of hydrogen-bond donors (Lipinski definition) is 1. The molecule has 0 aliphatic carbocycles. The van der Waals surface area contributed by atoms with Crippen LogP contribution >= 0.6 is 11.6 Å². The van der Waals surface area contributed by atoms with Gasteiger partial charge in [0.05, 0.1) is 35.8 Å². The summed E-state index contributed by atoms with van der Waals surface area (Å²) >= 11 is 6.21. The average Bonchev–Trinajstić information content (AvgIpc) is 2.79. The number of aromatic nitrogens is 2. The van der Waals surface area contributed by atoms with Gasteiger partial charge in [0.15, 0.2) is 11.5 Å². The maximum Gasteiger partial charge on any atom is 0.248 e. The number of carbonyl (C=O) groups excluding carboxylic acids is 1. The van der Waals surface area contributed by atoms with E-state index in [0.717, 1.165) is 22.6 Å². The second kappa shape index (κ2) is 8.07. The van der Waals surface area contributed by atoms with E-state index in [2.05, 4.69) is 10.4 Å². The molecule has 1 N–H and O–H groups in total. The molecule has 1 aromatic heterocycles. The number of anilines is 1. The normalized spacial score (nSPS) is 11.0. The van der Waals surface area contributed by atoms with E-state index in [4.69, 9.17) is 21.1 Å². The first-order chi connectivity index (χ1) is 11.9. The Morgan fingerprint density at radius 1 is 1.40 bits per heavy atom. The minimum atomic E-state index is -0.246. The van der Waals surface area contributed by atoms with Gasteiger partial charge in [-0.2, -0.15) is 5.10 Å². The summed E-state index contributed by atoms with van der Waals surface area (Å²) in [5.74, 6) is 0.771. The molecular formula is C18H22ClN3O3. The highest BCUT2D eigenvalue weighted by molar-refractivity contribution is 6.32. The Hall–Kier alpha value is -2.47. The van der Waals surface area contributed by atoms with Crippen molar-refractivity contribution in [2.45, 2.75) is 20.8 Å². The average molecular weight is 364 g/mol. The molecule has 0 radical (unpaired) electrons. The van der Waals surface area contributed by atoms with E-state index in [0.29, 0.717) is 23.1 Å². The zero-order chi connectivity index (χ0) is 18.6. The number of aryl methyl sites for hydroxylation is 2. The molecule has 0 bridgehead atoms. The van der Waals surface area contributed by atoms with E-state index in [1.165, 1.54) is 13.2 Å². The number of amides is 1. The number of carbonyl (C=O) groups is 1. The molecule has 0 saturated carbocycles. The van der Waals surface area contributed by atoms with E-state index >= 15 is 0 Å². The van der Waals surface area contributed by atoms with Gasteiger partial charge in [-0.1, -0.05) is 11.6 Å². The molecule has 0 unspecified atom stereocenters. The van der Waals surface area contributed by atoms with Crippen molar-refractivity contribution in [2.24, 2.45) is 7.05 Å². The van der Waals surface area contributed by atoms with Crippen LogP contribution in [-0.2, 0) is 11.8 Å². The van der Waals surface area contributed by atoms with Gasteiger partial charge in [-0.05, 0) is 44.5 Å². The second-order valence-electron chi connectivity index (χ2n) is 5.46. The quantitative estimate of drug-likeness (QED) is 0.794. The van der Waals surface area contributed by atoms with Crippen LogP contribution < -0.4 is 14.8 Å². The summed E-state index contributed by atoms with van der Waals surface area (Å²) in [7, 11) is 3.37. The monoisotopic (exact) mass is 363 g/mol. The van der Waals surface area contributed by atoms with E-state index < -0.39 is 0 Å². The zero-order valence-corrected chi connectivity index (χ0v) is 15.8. The predicted octanol–water partition coefficient (Wildman–Crippen LogP) is 3.75. The lowest BCUT2D eigenvalue weighted by Crippen LogP contribution is -2.09. The van der Waals surface area contributed by atoms with Crippen molar-refractivity contribution < 1.29 is 14.3 Å². The number of nitrogens with zero attached hydrogens (tertiary/aromatic N) is 2. The molecule has 1 aromatic carbocycles. The number of halogens is 1. The number of rotatable bonds is 6. The van der Waals surface area contributed by atoms with Crippen LogP contribution in [0.3, 0.4) is 0 Å². The lowest BCUT2D eigenvalue weighted by Gasteiger charge is -2.11. The van der Waals surface area contributed by atoms with E-state index in [1.54, 1.807) is 22.9 Å². The molecule has 1 heterocycles. The molecule has 0 atom stereocenters. The Balaban J connectivity index is 2.19. The fourth-order valence-corrected chi connectivity index (χ4v) is 2.73. The summed E-state index contributed by atoms with van der Waals surface area (Å²) in [4.78, 5) is 12.2. The number of ether oxygens (including phenoxy) is 2. The van der Waals surface area contributed by atoms with Crippen molar-refractivity contribution in [1.29, 1.82) is 0 Å². The number of methoxy groups -OCH3 is 1.